The maximum atomic E-state index is 13.6. The van der Waals surface area contributed by atoms with Crippen LogP contribution in [0.1, 0.15) is 33.6 Å². The smallest absolute Gasteiger partial charge is 0.492 e. The molecular weight excluding hydrogens is 760 g/mol. The third-order valence-corrected chi connectivity index (χ3v) is 13.0. The number of aromatic nitrogens is 2. The van der Waals surface area contributed by atoms with Crippen LogP contribution in [0.25, 0.3) is 22.3 Å². The Morgan fingerprint density at radius 1 is 0.390 bits per heavy atom. The van der Waals surface area contributed by atoms with Crippen LogP contribution in [0.5, 0.6) is 23.0 Å². The summed E-state index contributed by atoms with van der Waals surface area (Å²) in [5.74, 6) is 2.78. The molecule has 0 atom stereocenters. The lowest BCUT2D eigenvalue weighted by atomic mass is 10.0. The molecule has 0 saturated carbocycles. The Kier molecular flexibility index (Phi) is 8.72. The van der Waals surface area contributed by atoms with Crippen molar-refractivity contribution >= 4 is 41.7 Å². The van der Waals surface area contributed by atoms with Gasteiger partial charge in [0.2, 0.25) is 0 Å². The van der Waals surface area contributed by atoms with Gasteiger partial charge in [-0.1, -0.05) is 48.5 Å². The van der Waals surface area contributed by atoms with E-state index in [-0.39, 0.29) is 0 Å². The molecule has 4 aromatic carbocycles. The Bertz CT molecular complexity index is 2820. The van der Waals surface area contributed by atoms with E-state index in [0.29, 0.717) is 90.2 Å². The molecule has 59 heavy (non-hydrogen) atoms. The van der Waals surface area contributed by atoms with Gasteiger partial charge in [-0.25, -0.2) is 9.98 Å². The molecule has 290 valence electrons. The van der Waals surface area contributed by atoms with Crippen LogP contribution in [0.2, 0.25) is 0 Å². The fraction of sp³-hybridized carbons (Fsp3) is 0.0833. The second-order valence-corrected chi connectivity index (χ2v) is 16.1. The fourth-order valence-corrected chi connectivity index (χ4v) is 10.3. The molecule has 0 amide bonds. The third kappa shape index (κ3) is 5.83. The first kappa shape index (κ1) is 36.4. The Labute approximate surface area is 340 Å². The van der Waals surface area contributed by atoms with Crippen molar-refractivity contribution in [3.63, 3.8) is 0 Å². The van der Waals surface area contributed by atoms with E-state index in [4.69, 9.17) is 28.9 Å². The number of hydrogen-bond donors (Lipinski definition) is 2. The molecule has 10 nitrogen and oxygen atoms in total. The SMILES string of the molecule is COc1ccc(C2=C3C=CC(=N3)C(c3ccc(OC)cc3)=c3ccc4n3[P+](O)(O)n3c2ccc3C(c2ccc(OC)cc2)=C2C=CC(=N2)C=4c2ccc(OC)cc2)cc1. The maximum absolute atomic E-state index is 13.6. The minimum Gasteiger partial charge on any atom is -0.497 e. The molecule has 0 fully saturated rings. The molecule has 0 radical (unpaired) electrons. The molecule has 10 rings (SSSR count). The maximum Gasteiger partial charge on any atom is 0.492 e. The largest absolute Gasteiger partial charge is 0.497 e. The highest BCUT2D eigenvalue weighted by atomic mass is 31.2. The Hall–Kier alpha value is -6.97. The summed E-state index contributed by atoms with van der Waals surface area (Å²) in [5, 5.41) is 1.13. The first-order chi connectivity index (χ1) is 28.8. The van der Waals surface area contributed by atoms with E-state index in [0.717, 1.165) is 22.3 Å². The van der Waals surface area contributed by atoms with Crippen LogP contribution in [0.4, 0.5) is 0 Å². The zero-order chi connectivity index (χ0) is 40.4. The molecular formula is C48H38N4O6P+. The van der Waals surface area contributed by atoms with Gasteiger partial charge in [-0.2, -0.15) is 9.79 Å². The van der Waals surface area contributed by atoms with Crippen LogP contribution in [0, 0.1) is 0 Å². The van der Waals surface area contributed by atoms with Gasteiger partial charge in [0.25, 0.3) is 0 Å². The summed E-state index contributed by atoms with van der Waals surface area (Å²) in [5.41, 5.74) is 9.92. The van der Waals surface area contributed by atoms with Crippen LogP contribution < -0.4 is 29.6 Å². The molecule has 0 spiro atoms. The van der Waals surface area contributed by atoms with Gasteiger partial charge in [-0.05, 0) is 119 Å². The lowest BCUT2D eigenvalue weighted by Gasteiger charge is -2.24. The molecule has 6 bridgehead atoms. The Morgan fingerprint density at radius 2 is 0.712 bits per heavy atom. The van der Waals surface area contributed by atoms with Crippen molar-refractivity contribution in [2.45, 2.75) is 0 Å². The summed E-state index contributed by atoms with van der Waals surface area (Å²) in [6.45, 7) is 0. The Morgan fingerprint density at radius 3 is 1.03 bits per heavy atom. The monoisotopic (exact) mass is 797 g/mol. The molecule has 0 aliphatic carbocycles. The van der Waals surface area contributed by atoms with Gasteiger partial charge in [-0.3, -0.25) is 0 Å². The fourth-order valence-electron chi connectivity index (χ4n) is 8.30. The molecule has 6 aromatic rings. The molecule has 4 aliphatic rings. The molecule has 0 unspecified atom stereocenters. The minimum absolute atomic E-state index is 0.566. The van der Waals surface area contributed by atoms with Crippen molar-refractivity contribution in [3.8, 4) is 23.0 Å². The van der Waals surface area contributed by atoms with Crippen molar-refractivity contribution in [1.82, 2.24) is 8.68 Å². The summed E-state index contributed by atoms with van der Waals surface area (Å²) in [7, 11) is 2.02. The van der Waals surface area contributed by atoms with Gasteiger partial charge in [0, 0.05) is 22.3 Å². The molecule has 0 saturated heterocycles. The van der Waals surface area contributed by atoms with Gasteiger partial charge in [-0.15, -0.1) is 8.68 Å². The molecule has 4 aliphatic heterocycles. The number of fused-ring (bicyclic) bond motifs is 2. The number of aliphatic imine (C=N–C) groups is 2. The van der Waals surface area contributed by atoms with E-state index >= 15 is 0 Å². The number of methoxy groups -OCH3 is 4. The average Bonchev–Trinajstić information content (AvgIpc) is 4.11. The van der Waals surface area contributed by atoms with E-state index in [2.05, 4.69) is 0 Å². The average molecular weight is 798 g/mol. The topological polar surface area (TPSA) is 112 Å². The van der Waals surface area contributed by atoms with Crippen LogP contribution in [-0.2, 0) is 0 Å². The van der Waals surface area contributed by atoms with Crippen molar-refractivity contribution in [2.75, 3.05) is 28.4 Å². The highest BCUT2D eigenvalue weighted by Crippen LogP contribution is 2.57. The normalized spacial score (nSPS) is 16.0. The van der Waals surface area contributed by atoms with Crippen molar-refractivity contribution in [1.29, 1.82) is 0 Å². The Balaban J connectivity index is 1.42. The zero-order valence-electron chi connectivity index (χ0n) is 32.6. The number of nitrogens with zero attached hydrogens (tertiary/aromatic N) is 4. The van der Waals surface area contributed by atoms with Gasteiger partial charge in [0.05, 0.1) is 73.3 Å². The highest BCUT2D eigenvalue weighted by molar-refractivity contribution is 7.61. The number of ether oxygens (including phenoxy) is 4. The van der Waals surface area contributed by atoms with E-state index < -0.39 is 8.02 Å². The van der Waals surface area contributed by atoms with Crippen LogP contribution in [-0.4, -0.2) is 58.3 Å². The number of hydrogen-bond acceptors (Lipinski definition) is 8. The van der Waals surface area contributed by atoms with E-state index in [1.165, 1.54) is 0 Å². The van der Waals surface area contributed by atoms with Crippen molar-refractivity contribution in [3.05, 3.63) is 201 Å². The second-order valence-electron chi connectivity index (χ2n) is 14.2. The van der Waals surface area contributed by atoms with Crippen molar-refractivity contribution in [2.24, 2.45) is 9.98 Å². The van der Waals surface area contributed by atoms with Gasteiger partial charge < -0.3 is 18.9 Å². The lowest BCUT2D eigenvalue weighted by Crippen LogP contribution is -2.36. The molecule has 6 heterocycles. The third-order valence-electron chi connectivity index (χ3n) is 11.1. The number of allylic oxidation sites excluding steroid dienone is 4. The lowest BCUT2D eigenvalue weighted by molar-refractivity contribution is 0.414. The number of rotatable bonds is 8. The zero-order valence-corrected chi connectivity index (χ0v) is 33.5. The summed E-state index contributed by atoms with van der Waals surface area (Å²) < 4.78 is 25.6. The summed E-state index contributed by atoms with van der Waals surface area (Å²) in [4.78, 5) is 38.0. The van der Waals surface area contributed by atoms with Gasteiger partial charge >= 0.3 is 8.02 Å². The minimum atomic E-state index is -4.51. The number of benzene rings is 4. The van der Waals surface area contributed by atoms with Gasteiger partial charge in [0.1, 0.15) is 23.0 Å². The summed E-state index contributed by atoms with van der Waals surface area (Å²) in [6.07, 6.45) is 7.98. The summed E-state index contributed by atoms with van der Waals surface area (Å²) in [6, 6.07) is 38.7. The first-order valence-corrected chi connectivity index (χ1v) is 20.6. The van der Waals surface area contributed by atoms with Crippen LogP contribution in [0.15, 0.2) is 167 Å². The van der Waals surface area contributed by atoms with Crippen LogP contribution in [0.3, 0.4) is 0 Å². The standard InChI is InChI=1S/C48H38N4O6P/c1-55-33-13-5-29(6-14-33)45-37-21-22-38(49-37)46(30-7-15-34(56-2)16-8-30)43-27-28-44-48(32-11-19-36(58-4)20-12-32)40-24-23-39(50-40)47(31-9-17-35(57-3)18-10-31)42-26-25-41(45)51(42)59(53,54)52(43)44/h5-28,53-54H,1-4H3/q+1. The predicted molar refractivity (Wildman–Crippen MR) is 232 cm³/mol. The summed E-state index contributed by atoms with van der Waals surface area (Å²) >= 11 is 0. The van der Waals surface area contributed by atoms with Crippen molar-refractivity contribution < 1.29 is 28.7 Å². The molecule has 2 aromatic heterocycles. The second kappa shape index (κ2) is 14.1. The molecule has 2 N–H and O–H groups in total. The quantitative estimate of drug-likeness (QED) is 0.156. The first-order valence-electron chi connectivity index (χ1n) is 19.0. The van der Waals surface area contributed by atoms with E-state index in [1.807, 2.05) is 146 Å². The van der Waals surface area contributed by atoms with E-state index in [1.54, 1.807) is 37.1 Å². The predicted octanol–water partition coefficient (Wildman–Crippen LogP) is 7.35. The van der Waals surface area contributed by atoms with Gasteiger partial charge in [0.15, 0.2) is 0 Å². The molecule has 11 heteroatoms. The van der Waals surface area contributed by atoms with E-state index in [9.17, 15) is 9.79 Å². The van der Waals surface area contributed by atoms with Crippen LogP contribution >= 0.6 is 8.02 Å². The highest BCUT2D eigenvalue weighted by Gasteiger charge is 2.48.